The summed E-state index contributed by atoms with van der Waals surface area (Å²) in [4.78, 5) is 17.4. The van der Waals surface area contributed by atoms with Crippen molar-refractivity contribution in [2.75, 3.05) is 10.6 Å². The van der Waals surface area contributed by atoms with Crippen molar-refractivity contribution in [3.63, 3.8) is 0 Å². The maximum Gasteiger partial charge on any atom is 0.334 e. The highest BCUT2D eigenvalue weighted by molar-refractivity contribution is 9.10. The van der Waals surface area contributed by atoms with E-state index in [9.17, 15) is 10.1 Å². The predicted octanol–water partition coefficient (Wildman–Crippen LogP) is 4.54. The third kappa shape index (κ3) is 4.18. The number of nitrogen functional groups attached to an aromatic ring is 1. The standard InChI is InChI=1S/C19H17BrN4O2/c20-17-11-16(21)18(24(25)26)19(22-17)23(12-14-7-3-1-4-8-14)13-15-9-5-2-6-10-15/h1-11H,12-13H2,(H2,21,22). The lowest BCUT2D eigenvalue weighted by Crippen LogP contribution is -2.24. The van der Waals surface area contributed by atoms with Gasteiger partial charge in [-0.3, -0.25) is 10.1 Å². The maximum absolute atomic E-state index is 11.6. The summed E-state index contributed by atoms with van der Waals surface area (Å²) in [6, 6.07) is 21.0. The molecule has 6 nitrogen and oxygen atoms in total. The van der Waals surface area contributed by atoms with Crippen LogP contribution < -0.4 is 10.6 Å². The molecule has 7 heteroatoms. The first kappa shape index (κ1) is 17.9. The summed E-state index contributed by atoms with van der Waals surface area (Å²) in [7, 11) is 0. The number of benzene rings is 2. The van der Waals surface area contributed by atoms with Crippen LogP contribution in [0.4, 0.5) is 17.2 Å². The van der Waals surface area contributed by atoms with Crippen LogP contribution in [0.25, 0.3) is 0 Å². The molecule has 0 fully saturated rings. The number of nitro groups is 1. The van der Waals surface area contributed by atoms with Gasteiger partial charge in [-0.2, -0.15) is 0 Å². The van der Waals surface area contributed by atoms with Gasteiger partial charge in [0.25, 0.3) is 0 Å². The Morgan fingerprint density at radius 1 is 1.00 bits per heavy atom. The molecule has 0 unspecified atom stereocenters. The van der Waals surface area contributed by atoms with Crippen LogP contribution in [-0.4, -0.2) is 9.91 Å². The first-order valence-electron chi connectivity index (χ1n) is 7.98. The van der Waals surface area contributed by atoms with E-state index in [0.29, 0.717) is 17.7 Å². The van der Waals surface area contributed by atoms with Crippen LogP contribution in [0.3, 0.4) is 0 Å². The molecule has 0 amide bonds. The van der Waals surface area contributed by atoms with E-state index >= 15 is 0 Å². The topological polar surface area (TPSA) is 85.3 Å². The lowest BCUT2D eigenvalue weighted by molar-refractivity contribution is -0.383. The third-order valence-corrected chi connectivity index (χ3v) is 4.29. The van der Waals surface area contributed by atoms with Gasteiger partial charge < -0.3 is 10.6 Å². The molecule has 0 radical (unpaired) electrons. The van der Waals surface area contributed by atoms with Gasteiger partial charge in [0.05, 0.1) is 4.92 Å². The fraction of sp³-hybridized carbons (Fsp3) is 0.105. The summed E-state index contributed by atoms with van der Waals surface area (Å²) in [5, 5.41) is 11.6. The number of nitrogens with two attached hydrogens (primary N) is 1. The lowest BCUT2D eigenvalue weighted by Gasteiger charge is -2.24. The van der Waals surface area contributed by atoms with Crippen molar-refractivity contribution in [3.8, 4) is 0 Å². The number of aromatic nitrogens is 1. The molecule has 0 aliphatic heterocycles. The Hall–Kier alpha value is -2.93. The van der Waals surface area contributed by atoms with E-state index in [2.05, 4.69) is 20.9 Å². The quantitative estimate of drug-likeness (QED) is 0.364. The fourth-order valence-corrected chi connectivity index (χ4v) is 3.15. The fourth-order valence-electron chi connectivity index (χ4n) is 2.73. The van der Waals surface area contributed by atoms with Crippen molar-refractivity contribution in [1.82, 2.24) is 4.98 Å². The minimum Gasteiger partial charge on any atom is -0.393 e. The van der Waals surface area contributed by atoms with Crippen molar-refractivity contribution in [1.29, 1.82) is 0 Å². The van der Waals surface area contributed by atoms with Crippen LogP contribution in [0.1, 0.15) is 11.1 Å². The van der Waals surface area contributed by atoms with Gasteiger partial charge in [-0.05, 0) is 27.1 Å². The van der Waals surface area contributed by atoms with Crippen LogP contribution >= 0.6 is 15.9 Å². The summed E-state index contributed by atoms with van der Waals surface area (Å²) in [5.41, 5.74) is 7.86. The number of pyridine rings is 1. The number of halogens is 1. The van der Waals surface area contributed by atoms with Crippen molar-refractivity contribution in [2.24, 2.45) is 0 Å². The Morgan fingerprint density at radius 3 is 1.96 bits per heavy atom. The summed E-state index contributed by atoms with van der Waals surface area (Å²) in [5.74, 6) is 0.245. The second kappa shape index (κ2) is 7.97. The van der Waals surface area contributed by atoms with Crippen molar-refractivity contribution in [2.45, 2.75) is 13.1 Å². The summed E-state index contributed by atoms with van der Waals surface area (Å²) >= 11 is 3.30. The smallest absolute Gasteiger partial charge is 0.334 e. The Bertz CT molecular complexity index is 863. The zero-order valence-corrected chi connectivity index (χ0v) is 15.5. The highest BCUT2D eigenvalue weighted by Crippen LogP contribution is 2.35. The second-order valence-electron chi connectivity index (χ2n) is 5.79. The Balaban J connectivity index is 2.07. The maximum atomic E-state index is 11.6. The van der Waals surface area contributed by atoms with Crippen LogP contribution in [-0.2, 0) is 13.1 Å². The number of anilines is 2. The van der Waals surface area contributed by atoms with Crippen LogP contribution in [0, 0.1) is 10.1 Å². The number of rotatable bonds is 6. The monoisotopic (exact) mass is 412 g/mol. The highest BCUT2D eigenvalue weighted by Gasteiger charge is 2.26. The molecule has 0 spiro atoms. The molecule has 0 aliphatic carbocycles. The van der Waals surface area contributed by atoms with Gasteiger partial charge in [0.2, 0.25) is 5.82 Å². The normalized spacial score (nSPS) is 10.5. The van der Waals surface area contributed by atoms with E-state index < -0.39 is 4.92 Å². The molecule has 3 aromatic rings. The van der Waals surface area contributed by atoms with Crippen LogP contribution in [0.5, 0.6) is 0 Å². The SMILES string of the molecule is Nc1cc(Br)nc(N(Cc2ccccc2)Cc2ccccc2)c1[N+](=O)[O-]. The molecule has 0 saturated heterocycles. The zero-order chi connectivity index (χ0) is 18.5. The average molecular weight is 413 g/mol. The first-order chi connectivity index (χ1) is 12.5. The van der Waals surface area contributed by atoms with E-state index in [0.717, 1.165) is 11.1 Å². The van der Waals surface area contributed by atoms with Crippen LogP contribution in [0.2, 0.25) is 0 Å². The molecular formula is C19H17BrN4O2. The highest BCUT2D eigenvalue weighted by atomic mass is 79.9. The van der Waals surface area contributed by atoms with Gasteiger partial charge in [-0.1, -0.05) is 60.7 Å². The Kier molecular flexibility index (Phi) is 5.48. The van der Waals surface area contributed by atoms with Crippen molar-refractivity contribution in [3.05, 3.63) is 92.6 Å². The van der Waals surface area contributed by atoms with E-state index in [4.69, 9.17) is 5.73 Å². The average Bonchev–Trinajstić information content (AvgIpc) is 2.62. The number of hydrogen-bond acceptors (Lipinski definition) is 5. The second-order valence-corrected chi connectivity index (χ2v) is 6.60. The van der Waals surface area contributed by atoms with E-state index in [-0.39, 0.29) is 17.2 Å². The number of hydrogen-bond donors (Lipinski definition) is 1. The van der Waals surface area contributed by atoms with Crippen molar-refractivity contribution >= 4 is 33.1 Å². The molecule has 132 valence electrons. The van der Waals surface area contributed by atoms with Gasteiger partial charge in [0.1, 0.15) is 10.3 Å². The van der Waals surface area contributed by atoms with Crippen molar-refractivity contribution < 1.29 is 4.92 Å². The van der Waals surface area contributed by atoms with Gasteiger partial charge >= 0.3 is 5.69 Å². The lowest BCUT2D eigenvalue weighted by atomic mass is 10.1. The predicted molar refractivity (Wildman–Crippen MR) is 106 cm³/mol. The van der Waals surface area contributed by atoms with Gasteiger partial charge in [0.15, 0.2) is 0 Å². The molecule has 3 rings (SSSR count). The molecular weight excluding hydrogens is 396 g/mol. The molecule has 2 aromatic carbocycles. The number of nitrogens with zero attached hydrogens (tertiary/aromatic N) is 3. The third-order valence-electron chi connectivity index (χ3n) is 3.89. The summed E-state index contributed by atoms with van der Waals surface area (Å²) < 4.78 is 0.460. The van der Waals surface area contributed by atoms with E-state index in [1.807, 2.05) is 65.6 Å². The summed E-state index contributed by atoms with van der Waals surface area (Å²) in [6.45, 7) is 0.943. The molecule has 0 saturated carbocycles. The minimum absolute atomic E-state index is 0.0815. The first-order valence-corrected chi connectivity index (χ1v) is 8.77. The van der Waals surface area contributed by atoms with Gasteiger partial charge in [-0.15, -0.1) is 0 Å². The van der Waals surface area contributed by atoms with E-state index in [1.54, 1.807) is 0 Å². The van der Waals surface area contributed by atoms with E-state index in [1.165, 1.54) is 6.07 Å². The Morgan fingerprint density at radius 2 is 1.50 bits per heavy atom. The molecule has 1 heterocycles. The Labute approximate surface area is 159 Å². The molecule has 2 N–H and O–H groups in total. The molecule has 0 aliphatic rings. The molecule has 0 atom stereocenters. The zero-order valence-electron chi connectivity index (χ0n) is 13.9. The van der Waals surface area contributed by atoms with Gasteiger partial charge in [0, 0.05) is 19.2 Å². The molecule has 26 heavy (non-hydrogen) atoms. The largest absolute Gasteiger partial charge is 0.393 e. The molecule has 0 bridgehead atoms. The minimum atomic E-state index is -0.479. The van der Waals surface area contributed by atoms with Crippen LogP contribution in [0.15, 0.2) is 71.3 Å². The van der Waals surface area contributed by atoms with Gasteiger partial charge in [-0.25, -0.2) is 4.98 Å². The molecule has 1 aromatic heterocycles. The summed E-state index contributed by atoms with van der Waals surface area (Å²) in [6.07, 6.45) is 0.